The minimum absolute atomic E-state index is 0.269. The number of oxazole rings is 1. The van der Waals surface area contributed by atoms with Gasteiger partial charge in [0.2, 0.25) is 0 Å². The number of nitrogen functional groups attached to an aromatic ring is 1. The topological polar surface area (TPSA) is 94.4 Å². The van der Waals surface area contributed by atoms with E-state index < -0.39 is 5.76 Å². The molecular weight excluding hydrogens is 236 g/mol. The molecule has 0 saturated carbocycles. The van der Waals surface area contributed by atoms with E-state index in [1.165, 1.54) is 0 Å². The molecule has 0 saturated heterocycles. The average Bonchev–Trinajstić information content (AvgIpc) is 2.94. The molecule has 3 rings (SSSR count). The minimum Gasteiger partial charge on any atom is -0.483 e. The lowest BCUT2D eigenvalue weighted by atomic mass is 10.2. The number of rotatable bonds is 3. The predicted molar refractivity (Wildman–Crippen MR) is 64.3 cm³/mol. The van der Waals surface area contributed by atoms with E-state index in [0.717, 1.165) is 0 Å². The molecule has 6 nitrogen and oxygen atoms in total. The molecule has 3 N–H and O–H groups in total. The summed E-state index contributed by atoms with van der Waals surface area (Å²) in [7, 11) is 0. The number of anilines is 1. The molecule has 92 valence electrons. The van der Waals surface area contributed by atoms with Crippen LogP contribution in [0.5, 0.6) is 5.75 Å². The minimum atomic E-state index is -0.521. The van der Waals surface area contributed by atoms with E-state index >= 15 is 0 Å². The Morgan fingerprint density at radius 3 is 3.06 bits per heavy atom. The van der Waals surface area contributed by atoms with E-state index in [1.807, 2.05) is 0 Å². The Morgan fingerprint density at radius 2 is 2.28 bits per heavy atom. The number of hydrogen-bond donors (Lipinski definition) is 2. The Bertz CT molecular complexity index is 724. The van der Waals surface area contributed by atoms with Gasteiger partial charge in [-0.2, -0.15) is 0 Å². The molecule has 0 atom stereocenters. The van der Waals surface area contributed by atoms with E-state index in [1.54, 1.807) is 30.5 Å². The van der Waals surface area contributed by atoms with Crippen LogP contribution in [-0.4, -0.2) is 4.98 Å². The fourth-order valence-electron chi connectivity index (χ4n) is 1.66. The summed E-state index contributed by atoms with van der Waals surface area (Å²) in [5.74, 6) is 0.638. The summed E-state index contributed by atoms with van der Waals surface area (Å²) in [6.07, 6.45) is 1.57. The molecule has 2 heterocycles. The van der Waals surface area contributed by atoms with E-state index in [-0.39, 0.29) is 6.61 Å². The normalized spacial score (nSPS) is 10.9. The van der Waals surface area contributed by atoms with Gasteiger partial charge in [0, 0.05) is 12.1 Å². The van der Waals surface area contributed by atoms with Crippen molar-refractivity contribution in [3.63, 3.8) is 0 Å². The van der Waals surface area contributed by atoms with Crippen LogP contribution >= 0.6 is 0 Å². The van der Waals surface area contributed by atoms with Crippen molar-refractivity contribution in [1.29, 1.82) is 0 Å². The zero-order valence-electron chi connectivity index (χ0n) is 9.30. The van der Waals surface area contributed by atoms with Crippen LogP contribution in [0.1, 0.15) is 5.76 Å². The van der Waals surface area contributed by atoms with E-state index in [2.05, 4.69) is 4.98 Å². The van der Waals surface area contributed by atoms with Gasteiger partial charge in [-0.1, -0.05) is 0 Å². The molecule has 6 heteroatoms. The first-order chi connectivity index (χ1) is 8.72. The van der Waals surface area contributed by atoms with Gasteiger partial charge in [-0.15, -0.1) is 0 Å². The van der Waals surface area contributed by atoms with Gasteiger partial charge in [0.05, 0.1) is 17.5 Å². The molecule has 1 aromatic carbocycles. The fourth-order valence-corrected chi connectivity index (χ4v) is 1.66. The standard InChI is InChI=1S/C12H10N2O4/c13-8-4-11-9(14-12(15)18-11)5-10(8)17-6-7-2-1-3-16-7/h1-5H,6,13H2,(H,14,15). The largest absolute Gasteiger partial charge is 0.483 e. The SMILES string of the molecule is Nc1cc2oc(=O)[nH]c2cc1OCc1ccco1. The van der Waals surface area contributed by atoms with E-state index in [9.17, 15) is 4.79 Å². The Hall–Kier alpha value is -2.63. The lowest BCUT2D eigenvalue weighted by Gasteiger charge is -2.06. The van der Waals surface area contributed by atoms with Crippen molar-refractivity contribution >= 4 is 16.8 Å². The highest BCUT2D eigenvalue weighted by Gasteiger charge is 2.08. The monoisotopic (exact) mass is 246 g/mol. The number of furan rings is 1. The maximum absolute atomic E-state index is 11.0. The summed E-state index contributed by atoms with van der Waals surface area (Å²) >= 11 is 0. The van der Waals surface area contributed by atoms with Gasteiger partial charge in [-0.25, -0.2) is 4.79 Å². The van der Waals surface area contributed by atoms with Crippen LogP contribution in [0.25, 0.3) is 11.1 Å². The van der Waals surface area contributed by atoms with Crippen molar-refractivity contribution in [2.75, 3.05) is 5.73 Å². The Morgan fingerprint density at radius 1 is 1.39 bits per heavy atom. The van der Waals surface area contributed by atoms with Gasteiger partial charge in [-0.3, -0.25) is 4.98 Å². The molecule has 0 aliphatic rings. The molecule has 2 aromatic heterocycles. The molecule has 0 radical (unpaired) electrons. The Balaban J connectivity index is 1.91. The number of benzene rings is 1. The first kappa shape index (κ1) is 10.5. The molecule has 0 fully saturated rings. The highest BCUT2D eigenvalue weighted by molar-refractivity contribution is 5.80. The molecule has 0 unspecified atom stereocenters. The summed E-state index contributed by atoms with van der Waals surface area (Å²) in [6.45, 7) is 0.269. The van der Waals surface area contributed by atoms with Gasteiger partial charge < -0.3 is 19.3 Å². The lowest BCUT2D eigenvalue weighted by molar-refractivity contribution is 0.272. The first-order valence-corrected chi connectivity index (χ1v) is 5.30. The predicted octanol–water partition coefficient (Wildman–Crippen LogP) is 1.88. The van der Waals surface area contributed by atoms with Gasteiger partial charge in [0.1, 0.15) is 18.1 Å². The summed E-state index contributed by atoms with van der Waals surface area (Å²) in [5.41, 5.74) is 7.15. The van der Waals surface area contributed by atoms with Gasteiger partial charge in [0.25, 0.3) is 0 Å². The van der Waals surface area contributed by atoms with Crippen LogP contribution in [0.2, 0.25) is 0 Å². The summed E-state index contributed by atoms with van der Waals surface area (Å²) < 4.78 is 15.5. The number of aromatic amines is 1. The van der Waals surface area contributed by atoms with Crippen LogP contribution in [-0.2, 0) is 6.61 Å². The highest BCUT2D eigenvalue weighted by Crippen LogP contribution is 2.27. The molecular formula is C12H10N2O4. The number of nitrogens with two attached hydrogens (primary N) is 1. The summed E-state index contributed by atoms with van der Waals surface area (Å²) in [6, 6.07) is 6.75. The lowest BCUT2D eigenvalue weighted by Crippen LogP contribution is -1.98. The van der Waals surface area contributed by atoms with Crippen molar-refractivity contribution in [1.82, 2.24) is 4.98 Å². The third-order valence-electron chi connectivity index (χ3n) is 2.50. The van der Waals surface area contributed by atoms with Crippen LogP contribution in [0.4, 0.5) is 5.69 Å². The zero-order valence-corrected chi connectivity index (χ0v) is 9.30. The maximum atomic E-state index is 11.0. The van der Waals surface area contributed by atoms with Gasteiger partial charge in [-0.05, 0) is 12.1 Å². The average molecular weight is 246 g/mol. The van der Waals surface area contributed by atoms with E-state index in [4.69, 9.17) is 19.3 Å². The fraction of sp³-hybridized carbons (Fsp3) is 0.0833. The molecule has 0 bridgehead atoms. The number of ether oxygens (including phenoxy) is 1. The zero-order chi connectivity index (χ0) is 12.5. The van der Waals surface area contributed by atoms with E-state index in [0.29, 0.717) is 28.3 Å². The van der Waals surface area contributed by atoms with Crippen molar-refractivity contribution in [2.45, 2.75) is 6.61 Å². The smallest absolute Gasteiger partial charge is 0.417 e. The molecule has 0 aliphatic heterocycles. The second-order valence-corrected chi connectivity index (χ2v) is 3.77. The molecule has 3 aromatic rings. The molecule has 18 heavy (non-hydrogen) atoms. The van der Waals surface area contributed by atoms with Crippen molar-refractivity contribution in [3.8, 4) is 5.75 Å². The quantitative estimate of drug-likeness (QED) is 0.688. The third kappa shape index (κ3) is 1.84. The number of hydrogen-bond acceptors (Lipinski definition) is 5. The number of H-pyrrole nitrogens is 1. The summed E-state index contributed by atoms with van der Waals surface area (Å²) in [5, 5.41) is 0. The molecule has 0 aliphatic carbocycles. The van der Waals surface area contributed by atoms with Crippen molar-refractivity contribution in [3.05, 3.63) is 46.8 Å². The van der Waals surface area contributed by atoms with Crippen LogP contribution in [0.3, 0.4) is 0 Å². The molecule has 0 spiro atoms. The van der Waals surface area contributed by atoms with Gasteiger partial charge in [0.15, 0.2) is 5.58 Å². The van der Waals surface area contributed by atoms with Gasteiger partial charge >= 0.3 is 5.76 Å². The van der Waals surface area contributed by atoms with Crippen molar-refractivity contribution < 1.29 is 13.6 Å². The van der Waals surface area contributed by atoms with Crippen LogP contribution in [0, 0.1) is 0 Å². The second kappa shape index (κ2) is 3.99. The second-order valence-electron chi connectivity index (χ2n) is 3.77. The summed E-state index contributed by atoms with van der Waals surface area (Å²) in [4.78, 5) is 13.6. The number of fused-ring (bicyclic) bond motifs is 1. The Kier molecular flexibility index (Phi) is 2.33. The number of aromatic nitrogens is 1. The van der Waals surface area contributed by atoms with Crippen LogP contribution < -0.4 is 16.2 Å². The highest BCUT2D eigenvalue weighted by atomic mass is 16.5. The first-order valence-electron chi connectivity index (χ1n) is 5.30. The maximum Gasteiger partial charge on any atom is 0.417 e. The van der Waals surface area contributed by atoms with Crippen LogP contribution in [0.15, 0.2) is 44.2 Å². The van der Waals surface area contributed by atoms with Crippen molar-refractivity contribution in [2.24, 2.45) is 0 Å². The third-order valence-corrected chi connectivity index (χ3v) is 2.50. The number of nitrogens with one attached hydrogen (secondary N) is 1. The Labute approximate surface area is 101 Å². The molecule has 0 amide bonds.